The Hall–Kier alpha value is -3.98. The molecule has 1 aromatic carbocycles. The zero-order chi connectivity index (χ0) is 24.2. The zero-order valence-electron chi connectivity index (χ0n) is 19.8. The van der Waals surface area contributed by atoms with Gasteiger partial charge >= 0.3 is 0 Å². The lowest BCUT2D eigenvalue weighted by Gasteiger charge is -2.22. The van der Waals surface area contributed by atoms with Crippen LogP contribution in [0, 0.1) is 0 Å². The number of furan rings is 1. The van der Waals surface area contributed by atoms with Gasteiger partial charge in [0.1, 0.15) is 11.4 Å². The third-order valence-electron chi connectivity index (χ3n) is 6.39. The highest BCUT2D eigenvalue weighted by Crippen LogP contribution is 2.30. The number of hydrogen-bond donors (Lipinski definition) is 1. The second-order valence-electron chi connectivity index (χ2n) is 8.37. The van der Waals surface area contributed by atoms with Crippen molar-refractivity contribution in [2.75, 3.05) is 26.7 Å². The highest BCUT2D eigenvalue weighted by atomic mass is 16.5. The van der Waals surface area contributed by atoms with Crippen molar-refractivity contribution in [3.63, 3.8) is 0 Å². The number of methoxy groups -OCH3 is 1. The minimum absolute atomic E-state index is 0.202. The monoisotopic (exact) mass is 472 g/mol. The molecule has 0 saturated carbocycles. The number of benzene rings is 1. The average Bonchev–Trinajstić information content (AvgIpc) is 3.67. The van der Waals surface area contributed by atoms with Gasteiger partial charge in [0.25, 0.3) is 11.9 Å². The van der Waals surface area contributed by atoms with E-state index in [1.165, 1.54) is 0 Å². The molecule has 0 unspecified atom stereocenters. The van der Waals surface area contributed by atoms with Crippen LogP contribution < -0.4 is 10.1 Å². The van der Waals surface area contributed by atoms with Crippen molar-refractivity contribution in [2.45, 2.75) is 25.8 Å². The SMILES string of the molecule is CCN1CCC[C@H]1CNC(=O)c1cnn(-c2nccc(-c3ccccc3OC)n2)c1-c1ccco1. The van der Waals surface area contributed by atoms with Crippen LogP contribution in [-0.4, -0.2) is 63.3 Å². The summed E-state index contributed by atoms with van der Waals surface area (Å²) < 4.78 is 12.7. The summed E-state index contributed by atoms with van der Waals surface area (Å²) in [6, 6.07) is 13.4. The van der Waals surface area contributed by atoms with E-state index in [1.807, 2.05) is 30.3 Å². The van der Waals surface area contributed by atoms with Crippen LogP contribution >= 0.6 is 0 Å². The number of amides is 1. The van der Waals surface area contributed by atoms with Crippen molar-refractivity contribution < 1.29 is 13.9 Å². The fourth-order valence-corrected chi connectivity index (χ4v) is 4.62. The van der Waals surface area contributed by atoms with Gasteiger partial charge in [0.15, 0.2) is 5.76 Å². The lowest BCUT2D eigenvalue weighted by Crippen LogP contribution is -2.40. The number of likely N-dealkylation sites (tertiary alicyclic amines) is 1. The molecule has 3 aromatic heterocycles. The van der Waals surface area contributed by atoms with E-state index in [0.29, 0.717) is 47.0 Å². The second kappa shape index (κ2) is 10.1. The Morgan fingerprint density at radius 1 is 1.23 bits per heavy atom. The summed E-state index contributed by atoms with van der Waals surface area (Å²) in [6.45, 7) is 4.80. The van der Waals surface area contributed by atoms with Crippen molar-refractivity contribution in [1.29, 1.82) is 0 Å². The Kier molecular flexibility index (Phi) is 6.58. The van der Waals surface area contributed by atoms with Gasteiger partial charge in [-0.3, -0.25) is 9.69 Å². The lowest BCUT2D eigenvalue weighted by atomic mass is 10.1. The van der Waals surface area contributed by atoms with E-state index >= 15 is 0 Å². The highest BCUT2D eigenvalue weighted by Gasteiger charge is 2.26. The van der Waals surface area contributed by atoms with Gasteiger partial charge < -0.3 is 14.5 Å². The molecular formula is C26H28N6O3. The van der Waals surface area contributed by atoms with Gasteiger partial charge in [-0.25, -0.2) is 9.97 Å². The van der Waals surface area contributed by atoms with Gasteiger partial charge in [-0.2, -0.15) is 9.78 Å². The largest absolute Gasteiger partial charge is 0.496 e. The van der Waals surface area contributed by atoms with E-state index in [4.69, 9.17) is 14.1 Å². The van der Waals surface area contributed by atoms with E-state index in [2.05, 4.69) is 27.2 Å². The molecule has 1 saturated heterocycles. The van der Waals surface area contributed by atoms with E-state index in [1.54, 1.807) is 42.6 Å². The number of carbonyl (C=O) groups is 1. The van der Waals surface area contributed by atoms with Crippen LogP contribution in [0.3, 0.4) is 0 Å². The van der Waals surface area contributed by atoms with Crippen molar-refractivity contribution in [3.8, 4) is 34.4 Å². The van der Waals surface area contributed by atoms with Crippen molar-refractivity contribution >= 4 is 5.91 Å². The van der Waals surface area contributed by atoms with Crippen LogP contribution in [-0.2, 0) is 0 Å². The molecule has 35 heavy (non-hydrogen) atoms. The highest BCUT2D eigenvalue weighted by molar-refractivity contribution is 5.99. The Morgan fingerprint density at radius 2 is 2.11 bits per heavy atom. The van der Waals surface area contributed by atoms with Crippen molar-refractivity contribution in [3.05, 3.63) is 66.7 Å². The molecule has 1 amide bonds. The molecule has 180 valence electrons. The van der Waals surface area contributed by atoms with E-state index < -0.39 is 0 Å². The van der Waals surface area contributed by atoms with E-state index in [-0.39, 0.29) is 5.91 Å². The average molecular weight is 473 g/mol. The Bertz CT molecular complexity index is 1300. The summed E-state index contributed by atoms with van der Waals surface area (Å²) in [6.07, 6.45) is 7.01. The number of carbonyl (C=O) groups excluding carboxylic acids is 1. The van der Waals surface area contributed by atoms with Crippen LogP contribution in [0.25, 0.3) is 28.7 Å². The third kappa shape index (κ3) is 4.54. The number of rotatable bonds is 8. The molecule has 0 aliphatic carbocycles. The number of hydrogen-bond acceptors (Lipinski definition) is 7. The number of nitrogens with one attached hydrogen (secondary N) is 1. The topological polar surface area (TPSA) is 98.3 Å². The molecule has 1 aliphatic heterocycles. The molecule has 9 heteroatoms. The summed E-state index contributed by atoms with van der Waals surface area (Å²) in [4.78, 5) is 24.8. The van der Waals surface area contributed by atoms with Crippen LogP contribution in [0.15, 0.2) is 65.5 Å². The predicted octanol–water partition coefficient (Wildman–Crippen LogP) is 3.81. The molecule has 1 aliphatic rings. The Morgan fingerprint density at radius 3 is 2.91 bits per heavy atom. The predicted molar refractivity (Wildman–Crippen MR) is 131 cm³/mol. The molecule has 4 heterocycles. The lowest BCUT2D eigenvalue weighted by molar-refractivity contribution is 0.0942. The molecule has 1 fully saturated rings. The quantitative estimate of drug-likeness (QED) is 0.416. The smallest absolute Gasteiger partial charge is 0.255 e. The first-order valence-electron chi connectivity index (χ1n) is 11.8. The molecule has 0 radical (unpaired) electrons. The van der Waals surface area contributed by atoms with Crippen LogP contribution in [0.2, 0.25) is 0 Å². The fourth-order valence-electron chi connectivity index (χ4n) is 4.62. The summed E-state index contributed by atoms with van der Waals surface area (Å²) in [5.74, 6) is 1.34. The summed E-state index contributed by atoms with van der Waals surface area (Å²) in [5.41, 5.74) is 2.43. The van der Waals surface area contributed by atoms with Gasteiger partial charge in [-0.1, -0.05) is 19.1 Å². The zero-order valence-corrected chi connectivity index (χ0v) is 19.8. The fraction of sp³-hybridized carbons (Fsp3) is 0.308. The maximum atomic E-state index is 13.2. The van der Waals surface area contributed by atoms with Gasteiger partial charge in [0.05, 0.1) is 30.8 Å². The Labute approximate surface area is 203 Å². The molecular weight excluding hydrogens is 444 g/mol. The van der Waals surface area contributed by atoms with Crippen molar-refractivity contribution in [2.24, 2.45) is 0 Å². The molecule has 4 aromatic rings. The van der Waals surface area contributed by atoms with E-state index in [0.717, 1.165) is 31.5 Å². The summed E-state index contributed by atoms with van der Waals surface area (Å²) in [7, 11) is 1.62. The number of para-hydroxylation sites is 1. The number of ether oxygens (including phenoxy) is 1. The van der Waals surface area contributed by atoms with Gasteiger partial charge in [-0.05, 0) is 56.3 Å². The molecule has 1 N–H and O–H groups in total. The first-order chi connectivity index (χ1) is 17.2. The van der Waals surface area contributed by atoms with Gasteiger partial charge in [0, 0.05) is 24.3 Å². The first kappa shape index (κ1) is 22.8. The van der Waals surface area contributed by atoms with Crippen LogP contribution in [0.5, 0.6) is 5.75 Å². The van der Waals surface area contributed by atoms with Crippen LogP contribution in [0.1, 0.15) is 30.1 Å². The maximum absolute atomic E-state index is 13.2. The molecule has 0 bridgehead atoms. The number of likely N-dealkylation sites (N-methyl/N-ethyl adjacent to an activating group) is 1. The molecule has 5 rings (SSSR count). The Balaban J connectivity index is 1.48. The standard InChI is InChI=1S/C26H28N6O3/c1-3-31-14-6-8-18(31)16-28-25(33)20-17-29-32(24(20)23-11-7-15-35-23)26-27-13-12-21(30-26)19-9-4-5-10-22(19)34-2/h4-5,7,9-13,15,17-18H,3,6,8,14,16H2,1-2H3,(H,28,33)/t18-/m0/s1. The molecule has 9 nitrogen and oxygen atoms in total. The molecule has 1 atom stereocenters. The van der Waals surface area contributed by atoms with Crippen LogP contribution in [0.4, 0.5) is 0 Å². The second-order valence-corrected chi connectivity index (χ2v) is 8.37. The minimum Gasteiger partial charge on any atom is -0.496 e. The first-order valence-corrected chi connectivity index (χ1v) is 11.8. The molecule has 0 spiro atoms. The summed E-state index contributed by atoms with van der Waals surface area (Å²) in [5, 5.41) is 7.57. The number of aromatic nitrogens is 4. The normalized spacial score (nSPS) is 15.9. The number of nitrogens with zero attached hydrogens (tertiary/aromatic N) is 5. The van der Waals surface area contributed by atoms with Gasteiger partial charge in [-0.15, -0.1) is 0 Å². The third-order valence-corrected chi connectivity index (χ3v) is 6.39. The van der Waals surface area contributed by atoms with E-state index in [9.17, 15) is 4.79 Å². The summed E-state index contributed by atoms with van der Waals surface area (Å²) >= 11 is 0. The van der Waals surface area contributed by atoms with Crippen molar-refractivity contribution in [1.82, 2.24) is 30.0 Å². The maximum Gasteiger partial charge on any atom is 0.255 e. The minimum atomic E-state index is -0.202. The van der Waals surface area contributed by atoms with Gasteiger partial charge in [0.2, 0.25) is 0 Å².